The van der Waals surface area contributed by atoms with Crippen LogP contribution in [-0.2, 0) is 4.74 Å². The van der Waals surface area contributed by atoms with Gasteiger partial charge in [-0.2, -0.15) is 0 Å². The summed E-state index contributed by atoms with van der Waals surface area (Å²) in [4.78, 5) is 29.1. The standard InChI is InChI=1S/C26H21FN2O4/c1-2-21(24-28-22-13-7-12-20(27)23(22)25(30)33-24)29-26(31)32-14-19-17-10-5-3-8-15(17)16-9-4-6-11-18(16)19/h3-13,19,21H,2,14H2,1H3,(H,29,31)/t21-/m0/s1. The molecular weight excluding hydrogens is 423 g/mol. The van der Waals surface area contributed by atoms with E-state index in [4.69, 9.17) is 9.15 Å². The fourth-order valence-corrected chi connectivity index (χ4v) is 4.37. The molecule has 3 aromatic carbocycles. The molecule has 0 fully saturated rings. The number of nitrogens with one attached hydrogen (secondary N) is 1. The SMILES string of the molecule is CC[C@H](NC(=O)OCC1c2ccccc2-c2ccccc21)c1nc2cccc(F)c2c(=O)o1. The summed E-state index contributed by atoms with van der Waals surface area (Å²) in [6.45, 7) is 1.97. The summed E-state index contributed by atoms with van der Waals surface area (Å²) < 4.78 is 24.7. The normalized spacial score (nSPS) is 13.4. The molecule has 0 saturated heterocycles. The first-order valence-electron chi connectivity index (χ1n) is 10.8. The van der Waals surface area contributed by atoms with Crippen LogP contribution in [-0.4, -0.2) is 17.7 Å². The molecule has 166 valence electrons. The zero-order chi connectivity index (χ0) is 22.9. The number of amides is 1. The summed E-state index contributed by atoms with van der Waals surface area (Å²) in [5.41, 5.74) is 3.85. The minimum Gasteiger partial charge on any atom is -0.449 e. The van der Waals surface area contributed by atoms with Crippen molar-refractivity contribution in [2.45, 2.75) is 25.3 Å². The summed E-state index contributed by atoms with van der Waals surface area (Å²) in [6, 6.07) is 19.6. The van der Waals surface area contributed by atoms with E-state index in [1.165, 1.54) is 18.2 Å². The lowest BCUT2D eigenvalue weighted by Gasteiger charge is -2.18. The van der Waals surface area contributed by atoms with Crippen molar-refractivity contribution in [2.75, 3.05) is 6.61 Å². The van der Waals surface area contributed by atoms with Crippen molar-refractivity contribution in [1.29, 1.82) is 0 Å². The smallest absolute Gasteiger partial charge is 0.407 e. The van der Waals surface area contributed by atoms with Crippen molar-refractivity contribution in [2.24, 2.45) is 0 Å². The third-order valence-electron chi connectivity index (χ3n) is 5.97. The predicted molar refractivity (Wildman–Crippen MR) is 121 cm³/mol. The Kier molecular flexibility index (Phi) is 5.38. The van der Waals surface area contributed by atoms with Gasteiger partial charge < -0.3 is 14.5 Å². The van der Waals surface area contributed by atoms with Crippen LogP contribution in [0, 0.1) is 5.82 Å². The first-order valence-corrected chi connectivity index (χ1v) is 10.8. The molecule has 0 aliphatic heterocycles. The molecule has 4 aromatic rings. The van der Waals surface area contributed by atoms with E-state index in [2.05, 4.69) is 22.4 Å². The molecule has 1 N–H and O–H groups in total. The predicted octanol–water partition coefficient (Wildman–Crippen LogP) is 5.32. The molecule has 1 aliphatic carbocycles. The van der Waals surface area contributed by atoms with Crippen LogP contribution in [0.1, 0.15) is 42.3 Å². The van der Waals surface area contributed by atoms with E-state index in [1.807, 2.05) is 43.3 Å². The van der Waals surface area contributed by atoms with Gasteiger partial charge in [0.15, 0.2) is 0 Å². The fourth-order valence-electron chi connectivity index (χ4n) is 4.37. The molecule has 5 rings (SSSR count). The first-order chi connectivity index (χ1) is 16.1. The number of nitrogens with zero attached hydrogens (tertiary/aromatic N) is 1. The van der Waals surface area contributed by atoms with Crippen LogP contribution >= 0.6 is 0 Å². The van der Waals surface area contributed by atoms with E-state index in [0.29, 0.717) is 6.42 Å². The average molecular weight is 444 g/mol. The van der Waals surface area contributed by atoms with Gasteiger partial charge in [-0.3, -0.25) is 0 Å². The Labute approximate surface area is 189 Å². The summed E-state index contributed by atoms with van der Waals surface area (Å²) >= 11 is 0. The maximum atomic E-state index is 13.9. The van der Waals surface area contributed by atoms with Gasteiger partial charge in [-0.1, -0.05) is 61.5 Å². The van der Waals surface area contributed by atoms with E-state index < -0.39 is 23.6 Å². The Bertz CT molecular complexity index is 1370. The molecule has 1 heterocycles. The van der Waals surface area contributed by atoms with Gasteiger partial charge in [0.1, 0.15) is 23.9 Å². The zero-order valence-corrected chi connectivity index (χ0v) is 17.9. The highest BCUT2D eigenvalue weighted by Crippen LogP contribution is 2.44. The third kappa shape index (κ3) is 3.75. The molecule has 7 heteroatoms. The Balaban J connectivity index is 1.33. The molecular formula is C26H21FN2O4. The molecule has 1 aromatic heterocycles. The number of alkyl carbamates (subject to hydrolysis) is 1. The van der Waals surface area contributed by atoms with Crippen LogP contribution in [0.5, 0.6) is 0 Å². The maximum absolute atomic E-state index is 13.9. The minimum atomic E-state index is -0.833. The van der Waals surface area contributed by atoms with Crippen LogP contribution in [0.2, 0.25) is 0 Å². The fraction of sp³-hybridized carbons (Fsp3) is 0.192. The van der Waals surface area contributed by atoms with Crippen molar-refractivity contribution in [3.05, 3.63) is 100.0 Å². The van der Waals surface area contributed by atoms with E-state index in [9.17, 15) is 14.0 Å². The second-order valence-electron chi connectivity index (χ2n) is 7.90. The lowest BCUT2D eigenvalue weighted by atomic mass is 9.98. The largest absolute Gasteiger partial charge is 0.449 e. The highest BCUT2D eigenvalue weighted by Gasteiger charge is 2.29. The van der Waals surface area contributed by atoms with Crippen molar-refractivity contribution >= 4 is 17.0 Å². The van der Waals surface area contributed by atoms with Crippen LogP contribution in [0.15, 0.2) is 75.9 Å². The van der Waals surface area contributed by atoms with Gasteiger partial charge in [-0.05, 0) is 40.8 Å². The summed E-state index contributed by atoms with van der Waals surface area (Å²) in [5.74, 6) is -0.755. The van der Waals surface area contributed by atoms with Gasteiger partial charge in [-0.15, -0.1) is 0 Å². The Morgan fingerprint density at radius 2 is 1.73 bits per heavy atom. The number of aromatic nitrogens is 1. The lowest BCUT2D eigenvalue weighted by molar-refractivity contribution is 0.136. The van der Waals surface area contributed by atoms with E-state index in [1.54, 1.807) is 0 Å². The Morgan fingerprint density at radius 3 is 2.39 bits per heavy atom. The molecule has 0 unspecified atom stereocenters. The lowest BCUT2D eigenvalue weighted by Crippen LogP contribution is -2.31. The molecule has 1 amide bonds. The summed E-state index contributed by atoms with van der Waals surface area (Å²) in [6.07, 6.45) is -0.242. The molecule has 33 heavy (non-hydrogen) atoms. The number of fused-ring (bicyclic) bond motifs is 4. The zero-order valence-electron chi connectivity index (χ0n) is 17.9. The van der Waals surface area contributed by atoms with Gasteiger partial charge in [0.05, 0.1) is 5.52 Å². The van der Waals surface area contributed by atoms with Gasteiger partial charge in [0.2, 0.25) is 5.89 Å². The van der Waals surface area contributed by atoms with E-state index in [-0.39, 0.29) is 29.3 Å². The second kappa shape index (κ2) is 8.50. The number of halogens is 1. The summed E-state index contributed by atoms with van der Waals surface area (Å²) in [5, 5.41) is 2.50. The van der Waals surface area contributed by atoms with Crippen molar-refractivity contribution < 1.29 is 18.3 Å². The molecule has 1 aliphatic rings. The van der Waals surface area contributed by atoms with Gasteiger partial charge in [-0.25, -0.2) is 19.0 Å². The van der Waals surface area contributed by atoms with Gasteiger partial charge in [0.25, 0.3) is 0 Å². The van der Waals surface area contributed by atoms with Crippen molar-refractivity contribution in [3.63, 3.8) is 0 Å². The molecule has 6 nitrogen and oxygen atoms in total. The Hall–Kier alpha value is -4.00. The van der Waals surface area contributed by atoms with Gasteiger partial charge in [0, 0.05) is 5.92 Å². The third-order valence-corrected chi connectivity index (χ3v) is 5.97. The van der Waals surface area contributed by atoms with E-state index >= 15 is 0 Å². The number of ether oxygens (including phenoxy) is 1. The molecule has 0 bridgehead atoms. The van der Waals surface area contributed by atoms with Crippen LogP contribution < -0.4 is 10.9 Å². The van der Waals surface area contributed by atoms with Crippen LogP contribution in [0.4, 0.5) is 9.18 Å². The summed E-state index contributed by atoms with van der Waals surface area (Å²) in [7, 11) is 0. The number of hydrogen-bond acceptors (Lipinski definition) is 5. The number of benzene rings is 3. The van der Waals surface area contributed by atoms with Gasteiger partial charge >= 0.3 is 11.7 Å². The molecule has 0 saturated carbocycles. The number of hydrogen-bond donors (Lipinski definition) is 1. The monoisotopic (exact) mass is 444 g/mol. The highest BCUT2D eigenvalue weighted by molar-refractivity contribution is 5.79. The van der Waals surface area contributed by atoms with E-state index in [0.717, 1.165) is 22.3 Å². The number of carbonyl (C=O) groups excluding carboxylic acids is 1. The second-order valence-corrected chi connectivity index (χ2v) is 7.90. The minimum absolute atomic E-state index is 0.00843. The Morgan fingerprint density at radius 1 is 1.06 bits per heavy atom. The molecule has 0 radical (unpaired) electrons. The van der Waals surface area contributed by atoms with Crippen LogP contribution in [0.25, 0.3) is 22.0 Å². The van der Waals surface area contributed by atoms with Crippen LogP contribution in [0.3, 0.4) is 0 Å². The molecule has 1 atom stereocenters. The maximum Gasteiger partial charge on any atom is 0.407 e. The number of carbonyl (C=O) groups is 1. The number of rotatable bonds is 5. The topological polar surface area (TPSA) is 81.4 Å². The average Bonchev–Trinajstić information content (AvgIpc) is 3.15. The quantitative estimate of drug-likeness (QED) is 0.451. The highest BCUT2D eigenvalue weighted by atomic mass is 19.1. The molecule has 0 spiro atoms. The van der Waals surface area contributed by atoms with Crippen molar-refractivity contribution in [1.82, 2.24) is 10.3 Å². The first kappa shape index (κ1) is 20.9. The van der Waals surface area contributed by atoms with Crippen molar-refractivity contribution in [3.8, 4) is 11.1 Å².